The van der Waals surface area contributed by atoms with Crippen molar-refractivity contribution in [3.05, 3.63) is 101 Å². The Bertz CT molecular complexity index is 1140. The van der Waals surface area contributed by atoms with Gasteiger partial charge in [0.2, 0.25) is 0 Å². The fourth-order valence-electron chi connectivity index (χ4n) is 3.71. The molecule has 0 fully saturated rings. The lowest BCUT2D eigenvalue weighted by Crippen LogP contribution is -2.21. The van der Waals surface area contributed by atoms with Crippen molar-refractivity contribution in [1.82, 2.24) is 0 Å². The maximum absolute atomic E-state index is 13.1. The zero-order valence-electron chi connectivity index (χ0n) is 18.7. The number of aryl methyl sites for hydroxylation is 1. The van der Waals surface area contributed by atoms with Crippen LogP contribution in [-0.4, -0.2) is 30.7 Å². The predicted molar refractivity (Wildman–Crippen MR) is 126 cm³/mol. The molecule has 1 aliphatic rings. The maximum Gasteiger partial charge on any atom is 0.379 e. The molecule has 0 N–H and O–H groups in total. The first kappa shape index (κ1) is 22.9. The van der Waals surface area contributed by atoms with Crippen LogP contribution in [0, 0.1) is 6.92 Å². The van der Waals surface area contributed by atoms with Crippen LogP contribution in [0.5, 0.6) is 0 Å². The Morgan fingerprint density at radius 3 is 2.50 bits per heavy atom. The number of Topliss-reactive ketones (excluding diaryl/α,β-unsaturated/α-hetero) is 1. The number of esters is 1. The first-order valence-electron chi connectivity index (χ1n) is 10.7. The van der Waals surface area contributed by atoms with E-state index in [2.05, 4.69) is 6.58 Å². The van der Waals surface area contributed by atoms with E-state index in [1.807, 2.05) is 61.2 Å². The minimum absolute atomic E-state index is 0.0578. The van der Waals surface area contributed by atoms with Gasteiger partial charge in [0.25, 0.3) is 5.78 Å². The summed E-state index contributed by atoms with van der Waals surface area (Å²) in [5.41, 5.74) is 4.83. The van der Waals surface area contributed by atoms with E-state index in [1.165, 1.54) is 0 Å². The molecule has 2 aromatic carbocycles. The van der Waals surface area contributed by atoms with Crippen molar-refractivity contribution in [1.29, 1.82) is 0 Å². The molecule has 0 aliphatic carbocycles. The average Bonchev–Trinajstić information content (AvgIpc) is 2.85. The highest BCUT2D eigenvalue weighted by molar-refractivity contribution is 6.41. The van der Waals surface area contributed by atoms with E-state index >= 15 is 0 Å². The lowest BCUT2D eigenvalue weighted by molar-refractivity contribution is -0.151. The molecule has 0 aromatic heterocycles. The number of anilines is 1. The molecule has 0 atom stereocenters. The van der Waals surface area contributed by atoms with Crippen molar-refractivity contribution < 1.29 is 19.1 Å². The second-order valence-electron chi connectivity index (χ2n) is 7.47. The summed E-state index contributed by atoms with van der Waals surface area (Å²) in [6.45, 7) is 10.5. The molecule has 0 radical (unpaired) electrons. The van der Waals surface area contributed by atoms with Gasteiger partial charge in [-0.05, 0) is 68.7 Å². The van der Waals surface area contributed by atoms with Crippen LogP contribution in [0.4, 0.5) is 5.69 Å². The first-order chi connectivity index (χ1) is 15.4. The minimum Gasteiger partial charge on any atom is -0.460 e. The molecule has 1 aliphatic heterocycles. The molecule has 0 amide bonds. The van der Waals surface area contributed by atoms with Gasteiger partial charge in [0, 0.05) is 34.6 Å². The summed E-state index contributed by atoms with van der Waals surface area (Å²) in [5, 5.41) is 0. The smallest absolute Gasteiger partial charge is 0.379 e. The van der Waals surface area contributed by atoms with Crippen LogP contribution in [0.15, 0.2) is 78.5 Å². The Balaban J connectivity index is 2.06. The Morgan fingerprint density at radius 2 is 1.81 bits per heavy atom. The standard InChI is InChI=1S/C27H27NO4/c1-5-28-19(4)11-12-20(26(30)27(31)32-6-2)13-14-21-17-22(15-16-24(21)28)25(29)23-10-8-7-9-18(23)3/h7-13,15-17H,4-6,14H2,1-3H3/b12-11-,20-13+. The number of hydrogen-bond acceptors (Lipinski definition) is 5. The molecule has 32 heavy (non-hydrogen) atoms. The first-order valence-corrected chi connectivity index (χ1v) is 10.7. The van der Waals surface area contributed by atoms with Crippen LogP contribution in [-0.2, 0) is 20.7 Å². The van der Waals surface area contributed by atoms with Gasteiger partial charge in [0.1, 0.15) is 0 Å². The lowest BCUT2D eigenvalue weighted by atomic mass is 9.95. The van der Waals surface area contributed by atoms with Gasteiger partial charge >= 0.3 is 5.97 Å². The lowest BCUT2D eigenvalue weighted by Gasteiger charge is -2.26. The number of fused-ring (bicyclic) bond motifs is 1. The van der Waals surface area contributed by atoms with E-state index in [0.717, 1.165) is 16.8 Å². The van der Waals surface area contributed by atoms with Gasteiger partial charge in [0.15, 0.2) is 5.78 Å². The molecule has 0 saturated heterocycles. The van der Waals surface area contributed by atoms with Crippen molar-refractivity contribution in [2.45, 2.75) is 27.2 Å². The number of rotatable bonds is 6. The van der Waals surface area contributed by atoms with E-state index in [1.54, 1.807) is 25.2 Å². The van der Waals surface area contributed by atoms with E-state index in [4.69, 9.17) is 4.74 Å². The van der Waals surface area contributed by atoms with Gasteiger partial charge < -0.3 is 9.64 Å². The van der Waals surface area contributed by atoms with E-state index in [0.29, 0.717) is 29.8 Å². The topological polar surface area (TPSA) is 63.7 Å². The highest BCUT2D eigenvalue weighted by Gasteiger charge is 2.21. The average molecular weight is 430 g/mol. The molecule has 0 unspecified atom stereocenters. The second-order valence-corrected chi connectivity index (χ2v) is 7.47. The van der Waals surface area contributed by atoms with Crippen molar-refractivity contribution in [2.75, 3.05) is 18.1 Å². The van der Waals surface area contributed by atoms with Crippen molar-refractivity contribution in [3.63, 3.8) is 0 Å². The van der Waals surface area contributed by atoms with Crippen molar-refractivity contribution in [3.8, 4) is 0 Å². The number of likely N-dealkylation sites (N-methyl/N-ethyl adjacent to an activating group) is 1. The van der Waals surface area contributed by atoms with Crippen molar-refractivity contribution >= 4 is 23.2 Å². The molecule has 5 heteroatoms. The third-order valence-electron chi connectivity index (χ3n) is 5.41. The van der Waals surface area contributed by atoms with Crippen molar-refractivity contribution in [2.24, 2.45) is 0 Å². The Labute approximate surface area is 188 Å². The summed E-state index contributed by atoms with van der Waals surface area (Å²) in [6, 6.07) is 13.1. The Hall–Kier alpha value is -3.73. The SMILES string of the molecule is C=C1/C=C\C(C(=O)C(=O)OCC)=C/Cc2cc(C(=O)c3ccccc3C)ccc2N1CC. The predicted octanol–water partition coefficient (Wildman–Crippen LogP) is 4.74. The molecule has 5 nitrogen and oxygen atoms in total. The summed E-state index contributed by atoms with van der Waals surface area (Å²) in [5.74, 6) is -1.64. The van der Waals surface area contributed by atoms with Crippen LogP contribution >= 0.6 is 0 Å². The highest BCUT2D eigenvalue weighted by Crippen LogP contribution is 2.29. The number of carbonyl (C=O) groups is 3. The van der Waals surface area contributed by atoms with Gasteiger partial charge in [-0.1, -0.05) is 36.9 Å². The third kappa shape index (κ3) is 4.78. The maximum atomic E-state index is 13.1. The molecule has 0 bridgehead atoms. The quantitative estimate of drug-likeness (QED) is 0.377. The largest absolute Gasteiger partial charge is 0.460 e. The summed E-state index contributed by atoms with van der Waals surface area (Å²) in [4.78, 5) is 39.7. The summed E-state index contributed by atoms with van der Waals surface area (Å²) >= 11 is 0. The van der Waals surface area contributed by atoms with Crippen LogP contribution in [0.3, 0.4) is 0 Å². The van der Waals surface area contributed by atoms with Gasteiger partial charge in [-0.15, -0.1) is 0 Å². The normalized spacial score (nSPS) is 16.0. The molecule has 2 aromatic rings. The fraction of sp³-hybridized carbons (Fsp3) is 0.222. The van der Waals surface area contributed by atoms with Crippen LogP contribution in [0.1, 0.15) is 40.9 Å². The molecule has 3 rings (SSSR count). The minimum atomic E-state index is -0.885. The fourth-order valence-corrected chi connectivity index (χ4v) is 3.71. The Kier molecular flexibility index (Phi) is 7.21. The zero-order valence-corrected chi connectivity index (χ0v) is 18.7. The third-order valence-corrected chi connectivity index (χ3v) is 5.41. The highest BCUT2D eigenvalue weighted by atomic mass is 16.5. The van der Waals surface area contributed by atoms with Crippen LogP contribution in [0.2, 0.25) is 0 Å². The number of hydrogen-bond donors (Lipinski definition) is 0. The number of ether oxygens (including phenoxy) is 1. The summed E-state index contributed by atoms with van der Waals surface area (Å²) in [7, 11) is 0. The van der Waals surface area contributed by atoms with E-state index in [9.17, 15) is 14.4 Å². The molecular formula is C27H27NO4. The van der Waals surface area contributed by atoms with Gasteiger partial charge in [-0.2, -0.15) is 0 Å². The van der Waals surface area contributed by atoms with Crippen LogP contribution in [0.25, 0.3) is 0 Å². The summed E-state index contributed by atoms with van der Waals surface area (Å²) in [6.07, 6.45) is 5.38. The number of ketones is 2. The van der Waals surface area contributed by atoms with E-state index in [-0.39, 0.29) is 18.0 Å². The molecular weight excluding hydrogens is 402 g/mol. The summed E-state index contributed by atoms with van der Waals surface area (Å²) < 4.78 is 4.87. The van der Waals surface area contributed by atoms with E-state index < -0.39 is 11.8 Å². The van der Waals surface area contributed by atoms with Gasteiger partial charge in [-0.3, -0.25) is 9.59 Å². The molecule has 164 valence electrons. The number of carbonyl (C=O) groups excluding carboxylic acids is 3. The molecule has 0 spiro atoms. The monoisotopic (exact) mass is 429 g/mol. The molecule has 1 heterocycles. The second kappa shape index (κ2) is 10.1. The Morgan fingerprint density at radius 1 is 1.06 bits per heavy atom. The number of allylic oxidation sites excluding steroid dienone is 3. The number of nitrogens with zero attached hydrogens (tertiary/aromatic N) is 1. The van der Waals surface area contributed by atoms with Gasteiger partial charge in [0.05, 0.1) is 6.61 Å². The zero-order chi connectivity index (χ0) is 23.3. The molecule has 0 saturated carbocycles. The van der Waals surface area contributed by atoms with Gasteiger partial charge in [-0.25, -0.2) is 4.79 Å². The van der Waals surface area contributed by atoms with Crippen LogP contribution < -0.4 is 4.90 Å². The number of benzene rings is 2.